The summed E-state index contributed by atoms with van der Waals surface area (Å²) in [5.74, 6) is 1.05. The van der Waals surface area contributed by atoms with E-state index in [0.29, 0.717) is 6.61 Å². The lowest BCUT2D eigenvalue weighted by Gasteiger charge is -2.09. The van der Waals surface area contributed by atoms with Gasteiger partial charge in [-0.1, -0.05) is 30.7 Å². The minimum absolute atomic E-state index is 0.597. The zero-order valence-corrected chi connectivity index (χ0v) is 10.1. The van der Waals surface area contributed by atoms with Gasteiger partial charge in [-0.2, -0.15) is 0 Å². The minimum atomic E-state index is 0.597. The second-order valence-electron chi connectivity index (χ2n) is 3.42. The molecular weight excluding hydrogens is 208 g/mol. The topological polar surface area (TPSA) is 9.23 Å². The Morgan fingerprint density at radius 1 is 1.47 bits per heavy atom. The zero-order chi connectivity index (χ0) is 11.1. The quantitative estimate of drug-likeness (QED) is 0.667. The maximum absolute atomic E-state index is 5.89. The lowest BCUT2D eigenvalue weighted by atomic mass is 10.2. The van der Waals surface area contributed by atoms with Gasteiger partial charge in [0.25, 0.3) is 0 Å². The molecule has 0 aliphatic carbocycles. The highest BCUT2D eigenvalue weighted by Crippen LogP contribution is 2.14. The van der Waals surface area contributed by atoms with Crippen molar-refractivity contribution in [1.29, 1.82) is 0 Å². The number of benzene rings is 1. The summed E-state index contributed by atoms with van der Waals surface area (Å²) in [5.41, 5.74) is 1.11. The first-order valence-corrected chi connectivity index (χ1v) is 5.66. The van der Waals surface area contributed by atoms with E-state index in [1.807, 2.05) is 37.3 Å². The van der Waals surface area contributed by atoms with E-state index < -0.39 is 0 Å². The van der Waals surface area contributed by atoms with Crippen molar-refractivity contribution in [1.82, 2.24) is 0 Å². The lowest BCUT2D eigenvalue weighted by Crippen LogP contribution is -1.93. The molecule has 0 aromatic heterocycles. The van der Waals surface area contributed by atoms with E-state index in [1.165, 1.54) is 0 Å². The summed E-state index contributed by atoms with van der Waals surface area (Å²) in [5, 5.41) is 0.758. The van der Waals surface area contributed by atoms with Crippen LogP contribution in [0.25, 0.3) is 0 Å². The number of halogens is 1. The maximum Gasteiger partial charge on any atom is 0.113 e. The number of hydrogen-bond donors (Lipinski definition) is 0. The maximum atomic E-state index is 5.89. The van der Waals surface area contributed by atoms with Crippen LogP contribution in [0.3, 0.4) is 0 Å². The molecule has 0 spiro atoms. The van der Waals surface area contributed by atoms with Crippen molar-refractivity contribution in [2.24, 2.45) is 0 Å². The Kier molecular flexibility index (Phi) is 5.27. The van der Waals surface area contributed by atoms with Gasteiger partial charge in [0.15, 0.2) is 0 Å². The van der Waals surface area contributed by atoms with Gasteiger partial charge in [-0.05, 0) is 37.1 Å². The average molecular weight is 225 g/mol. The van der Waals surface area contributed by atoms with Gasteiger partial charge in [0, 0.05) is 11.4 Å². The molecule has 1 aromatic rings. The predicted octanol–water partition coefficient (Wildman–Crippen LogP) is 4.56. The molecule has 1 rings (SSSR count). The first-order chi connectivity index (χ1) is 7.26. The van der Waals surface area contributed by atoms with Crippen LogP contribution >= 0.6 is 11.6 Å². The molecule has 0 saturated carbocycles. The van der Waals surface area contributed by atoms with Crippen molar-refractivity contribution in [3.8, 4) is 0 Å². The Morgan fingerprint density at radius 3 is 2.87 bits per heavy atom. The molecule has 0 aliphatic rings. The van der Waals surface area contributed by atoms with Gasteiger partial charge < -0.3 is 4.74 Å². The molecule has 0 fully saturated rings. The Hall–Kier alpha value is -0.950. The van der Waals surface area contributed by atoms with E-state index in [9.17, 15) is 0 Å². The fourth-order valence-corrected chi connectivity index (χ4v) is 1.56. The Morgan fingerprint density at radius 2 is 2.27 bits per heavy atom. The van der Waals surface area contributed by atoms with E-state index in [-0.39, 0.29) is 0 Å². The van der Waals surface area contributed by atoms with Crippen LogP contribution in [0.5, 0.6) is 0 Å². The molecule has 1 nitrogen and oxygen atoms in total. The van der Waals surface area contributed by atoms with Crippen molar-refractivity contribution >= 4 is 11.6 Å². The molecule has 0 heterocycles. The summed E-state index contributed by atoms with van der Waals surface area (Å²) < 4.78 is 5.68. The average Bonchev–Trinajstić information content (AvgIpc) is 2.24. The summed E-state index contributed by atoms with van der Waals surface area (Å²) in [6.07, 6.45) is 4.13. The number of allylic oxidation sites excluding steroid dienone is 2. The first kappa shape index (κ1) is 12.1. The number of hydrogen-bond acceptors (Lipinski definition) is 1. The molecule has 82 valence electrons. The Balaban J connectivity index is 2.49. The van der Waals surface area contributed by atoms with Gasteiger partial charge in [0.05, 0.1) is 5.76 Å². The highest BCUT2D eigenvalue weighted by Gasteiger charge is 1.98. The third kappa shape index (κ3) is 4.39. The molecule has 0 atom stereocenters. The minimum Gasteiger partial charge on any atom is -0.494 e. The fraction of sp³-hybridized carbons (Fsp3) is 0.385. The van der Waals surface area contributed by atoms with Crippen molar-refractivity contribution < 1.29 is 4.74 Å². The SMILES string of the molecule is C/C=C(/CCC)OCc1cccc(Cl)c1. The highest BCUT2D eigenvalue weighted by atomic mass is 35.5. The molecule has 0 radical (unpaired) electrons. The van der Waals surface area contributed by atoms with Crippen LogP contribution in [-0.2, 0) is 11.3 Å². The van der Waals surface area contributed by atoms with Crippen LogP contribution in [0.15, 0.2) is 36.1 Å². The highest BCUT2D eigenvalue weighted by molar-refractivity contribution is 6.30. The summed E-state index contributed by atoms with van der Waals surface area (Å²) in [6.45, 7) is 4.75. The molecule has 0 bridgehead atoms. The van der Waals surface area contributed by atoms with E-state index in [1.54, 1.807) is 0 Å². The van der Waals surface area contributed by atoms with E-state index in [0.717, 1.165) is 29.2 Å². The van der Waals surface area contributed by atoms with Crippen molar-refractivity contribution in [2.45, 2.75) is 33.3 Å². The summed E-state index contributed by atoms with van der Waals surface area (Å²) in [6, 6.07) is 7.76. The van der Waals surface area contributed by atoms with Crippen LogP contribution in [0.2, 0.25) is 5.02 Å². The zero-order valence-electron chi connectivity index (χ0n) is 9.29. The van der Waals surface area contributed by atoms with Crippen molar-refractivity contribution in [3.63, 3.8) is 0 Å². The van der Waals surface area contributed by atoms with Gasteiger partial charge in [-0.3, -0.25) is 0 Å². The van der Waals surface area contributed by atoms with Crippen molar-refractivity contribution in [3.05, 3.63) is 46.7 Å². The molecule has 0 aliphatic heterocycles. The van der Waals surface area contributed by atoms with Gasteiger partial charge in [-0.15, -0.1) is 0 Å². The van der Waals surface area contributed by atoms with E-state index in [4.69, 9.17) is 16.3 Å². The molecule has 2 heteroatoms. The van der Waals surface area contributed by atoms with Gasteiger partial charge >= 0.3 is 0 Å². The van der Waals surface area contributed by atoms with Crippen LogP contribution in [0, 0.1) is 0 Å². The van der Waals surface area contributed by atoms with Crippen LogP contribution in [-0.4, -0.2) is 0 Å². The van der Waals surface area contributed by atoms with Crippen LogP contribution in [0.1, 0.15) is 32.3 Å². The van der Waals surface area contributed by atoms with Gasteiger partial charge in [0.1, 0.15) is 6.61 Å². The number of ether oxygens (including phenoxy) is 1. The van der Waals surface area contributed by atoms with E-state index in [2.05, 4.69) is 6.92 Å². The Labute approximate surface area is 96.7 Å². The monoisotopic (exact) mass is 224 g/mol. The molecular formula is C13H17ClO. The van der Waals surface area contributed by atoms with Gasteiger partial charge in [-0.25, -0.2) is 0 Å². The summed E-state index contributed by atoms with van der Waals surface area (Å²) in [7, 11) is 0. The van der Waals surface area contributed by atoms with Crippen molar-refractivity contribution in [2.75, 3.05) is 0 Å². The molecule has 0 saturated heterocycles. The standard InChI is InChI=1S/C13H17ClO/c1-3-6-13(4-2)15-10-11-7-5-8-12(14)9-11/h4-5,7-9H,3,6,10H2,1-2H3/b13-4-. The second kappa shape index (κ2) is 6.52. The largest absolute Gasteiger partial charge is 0.494 e. The molecule has 0 unspecified atom stereocenters. The molecule has 0 N–H and O–H groups in total. The normalized spacial score (nSPS) is 11.5. The van der Waals surface area contributed by atoms with Gasteiger partial charge in [0.2, 0.25) is 0 Å². The first-order valence-electron chi connectivity index (χ1n) is 5.28. The molecule has 1 aromatic carbocycles. The molecule has 15 heavy (non-hydrogen) atoms. The Bertz CT molecular complexity index is 331. The van der Waals surface area contributed by atoms with Crippen LogP contribution < -0.4 is 0 Å². The third-order valence-corrected chi connectivity index (χ3v) is 2.37. The van der Waals surface area contributed by atoms with E-state index >= 15 is 0 Å². The summed E-state index contributed by atoms with van der Waals surface area (Å²) >= 11 is 5.89. The predicted molar refractivity (Wildman–Crippen MR) is 64.9 cm³/mol. The smallest absolute Gasteiger partial charge is 0.113 e. The molecule has 0 amide bonds. The number of rotatable bonds is 5. The second-order valence-corrected chi connectivity index (χ2v) is 3.86. The third-order valence-electron chi connectivity index (χ3n) is 2.13. The fourth-order valence-electron chi connectivity index (χ4n) is 1.35. The van der Waals surface area contributed by atoms with Crippen LogP contribution in [0.4, 0.5) is 0 Å². The summed E-state index contributed by atoms with van der Waals surface area (Å²) in [4.78, 5) is 0. The lowest BCUT2D eigenvalue weighted by molar-refractivity contribution is 0.188.